The molecule has 0 unspecified atom stereocenters. The Morgan fingerprint density at radius 1 is 1.30 bits per heavy atom. The van der Waals surface area contributed by atoms with Gasteiger partial charge in [0, 0.05) is 35.6 Å². The Kier molecular flexibility index (Phi) is 3.22. The molecule has 0 aliphatic rings. The van der Waals surface area contributed by atoms with Gasteiger partial charge in [0.25, 0.3) is 0 Å². The zero-order chi connectivity index (χ0) is 13.9. The lowest BCUT2D eigenvalue weighted by Crippen LogP contribution is -2.07. The fourth-order valence-electron chi connectivity index (χ4n) is 2.12. The molecule has 6 nitrogen and oxygen atoms in total. The van der Waals surface area contributed by atoms with Gasteiger partial charge >= 0.3 is 0 Å². The molecule has 0 aromatic carbocycles. The summed E-state index contributed by atoms with van der Waals surface area (Å²) in [5.74, 6) is 0.688. The minimum absolute atomic E-state index is 0.0519. The molecule has 20 heavy (non-hydrogen) atoms. The highest BCUT2D eigenvalue weighted by Crippen LogP contribution is 2.29. The van der Waals surface area contributed by atoms with Crippen LogP contribution in [0.2, 0.25) is 0 Å². The summed E-state index contributed by atoms with van der Waals surface area (Å²) >= 11 is 0. The Morgan fingerprint density at radius 3 is 3.00 bits per heavy atom. The number of fused-ring (bicyclic) bond motifs is 1. The van der Waals surface area contributed by atoms with Crippen LogP contribution in [-0.2, 0) is 0 Å². The number of nitrogens with one attached hydrogen (secondary N) is 2. The van der Waals surface area contributed by atoms with E-state index in [-0.39, 0.29) is 6.61 Å². The number of aliphatic hydroxyl groups excluding tert-OH is 1. The Labute approximate surface area is 115 Å². The molecule has 0 spiro atoms. The number of hydrogen-bond acceptors (Lipinski definition) is 5. The molecule has 0 fully saturated rings. The van der Waals surface area contributed by atoms with Crippen LogP contribution < -0.4 is 11.1 Å². The quantitative estimate of drug-likeness (QED) is 0.576. The minimum atomic E-state index is 0.0519. The van der Waals surface area contributed by atoms with Crippen LogP contribution in [0.1, 0.15) is 0 Å². The summed E-state index contributed by atoms with van der Waals surface area (Å²) in [7, 11) is 0. The first-order chi connectivity index (χ1) is 9.78. The van der Waals surface area contributed by atoms with Crippen molar-refractivity contribution in [2.24, 2.45) is 0 Å². The zero-order valence-corrected chi connectivity index (χ0v) is 10.8. The fourth-order valence-corrected chi connectivity index (χ4v) is 2.12. The van der Waals surface area contributed by atoms with Crippen molar-refractivity contribution < 1.29 is 5.11 Å². The Morgan fingerprint density at radius 2 is 2.20 bits per heavy atom. The Hall–Kier alpha value is -2.60. The molecule has 0 aliphatic heterocycles. The van der Waals surface area contributed by atoms with E-state index in [0.29, 0.717) is 18.1 Å². The molecule has 3 heterocycles. The van der Waals surface area contributed by atoms with Crippen molar-refractivity contribution >= 4 is 22.5 Å². The van der Waals surface area contributed by atoms with E-state index in [1.54, 1.807) is 12.3 Å². The lowest BCUT2D eigenvalue weighted by Gasteiger charge is -2.08. The summed E-state index contributed by atoms with van der Waals surface area (Å²) in [6.45, 7) is 0.499. The largest absolute Gasteiger partial charge is 0.399 e. The average Bonchev–Trinajstić information content (AvgIpc) is 2.92. The second-order valence-electron chi connectivity index (χ2n) is 4.42. The summed E-state index contributed by atoms with van der Waals surface area (Å²) in [4.78, 5) is 11.9. The number of pyridine rings is 2. The van der Waals surface area contributed by atoms with Crippen molar-refractivity contribution in [1.29, 1.82) is 0 Å². The zero-order valence-electron chi connectivity index (χ0n) is 10.8. The van der Waals surface area contributed by atoms with E-state index in [0.717, 1.165) is 22.3 Å². The maximum atomic E-state index is 8.90. The molecule has 3 aromatic heterocycles. The van der Waals surface area contributed by atoms with E-state index in [1.807, 2.05) is 24.4 Å². The van der Waals surface area contributed by atoms with Gasteiger partial charge in [0.15, 0.2) is 0 Å². The van der Waals surface area contributed by atoms with Crippen LogP contribution in [0.3, 0.4) is 0 Å². The predicted molar refractivity (Wildman–Crippen MR) is 79.3 cm³/mol. The molecule has 0 radical (unpaired) electrons. The molecule has 6 heteroatoms. The number of rotatable bonds is 4. The van der Waals surface area contributed by atoms with Crippen LogP contribution in [0.5, 0.6) is 0 Å². The van der Waals surface area contributed by atoms with E-state index in [4.69, 9.17) is 10.8 Å². The number of aromatic amines is 1. The number of nitrogens with zero attached hydrogens (tertiary/aromatic N) is 2. The minimum Gasteiger partial charge on any atom is -0.399 e. The van der Waals surface area contributed by atoms with Gasteiger partial charge < -0.3 is 21.1 Å². The van der Waals surface area contributed by atoms with Crippen LogP contribution >= 0.6 is 0 Å². The number of hydrogen-bond donors (Lipinski definition) is 4. The molecule has 0 saturated heterocycles. The van der Waals surface area contributed by atoms with E-state index in [9.17, 15) is 0 Å². The van der Waals surface area contributed by atoms with Crippen molar-refractivity contribution in [3.05, 3.63) is 36.7 Å². The van der Waals surface area contributed by atoms with Gasteiger partial charge in [0.1, 0.15) is 11.5 Å². The standard InChI is InChI=1S/C14H15N5O/c15-9-1-3-16-12(7-9)11-8-13(17-5-6-20)19-14-10(11)2-4-18-14/h1-4,7-8,20H,5-6H2,(H2,15,16)(H2,17,18,19). The third-order valence-electron chi connectivity index (χ3n) is 3.01. The number of aromatic nitrogens is 3. The summed E-state index contributed by atoms with van der Waals surface area (Å²) < 4.78 is 0. The van der Waals surface area contributed by atoms with Crippen molar-refractivity contribution in [3.63, 3.8) is 0 Å². The highest BCUT2D eigenvalue weighted by atomic mass is 16.3. The molecule has 3 rings (SSSR count). The van der Waals surface area contributed by atoms with Gasteiger partial charge in [-0.05, 0) is 24.3 Å². The smallest absolute Gasteiger partial charge is 0.140 e. The first-order valence-corrected chi connectivity index (χ1v) is 6.32. The second-order valence-corrected chi connectivity index (χ2v) is 4.42. The van der Waals surface area contributed by atoms with E-state index < -0.39 is 0 Å². The van der Waals surface area contributed by atoms with Crippen molar-refractivity contribution in [2.45, 2.75) is 0 Å². The van der Waals surface area contributed by atoms with Gasteiger partial charge in [-0.15, -0.1) is 0 Å². The molecule has 0 amide bonds. The third kappa shape index (κ3) is 2.28. The molecular formula is C14H15N5O. The van der Waals surface area contributed by atoms with Crippen LogP contribution in [0.4, 0.5) is 11.5 Å². The van der Waals surface area contributed by atoms with E-state index >= 15 is 0 Å². The highest BCUT2D eigenvalue weighted by molar-refractivity contribution is 5.94. The van der Waals surface area contributed by atoms with Crippen LogP contribution in [-0.4, -0.2) is 33.2 Å². The normalized spacial score (nSPS) is 10.8. The molecular weight excluding hydrogens is 254 g/mol. The van der Waals surface area contributed by atoms with Crippen LogP contribution in [0.25, 0.3) is 22.3 Å². The van der Waals surface area contributed by atoms with Gasteiger partial charge in [-0.2, -0.15) is 0 Å². The van der Waals surface area contributed by atoms with E-state index in [1.165, 1.54) is 0 Å². The third-order valence-corrected chi connectivity index (χ3v) is 3.01. The number of nitrogen functional groups attached to an aromatic ring is 1. The number of aliphatic hydroxyl groups is 1. The number of H-pyrrole nitrogens is 1. The maximum absolute atomic E-state index is 8.90. The molecule has 0 atom stereocenters. The molecule has 0 saturated carbocycles. The number of nitrogens with two attached hydrogens (primary N) is 1. The molecule has 3 aromatic rings. The van der Waals surface area contributed by atoms with Crippen molar-refractivity contribution in [3.8, 4) is 11.3 Å². The predicted octanol–water partition coefficient (Wildman–Crippen LogP) is 1.61. The van der Waals surface area contributed by atoms with Crippen LogP contribution in [0.15, 0.2) is 36.7 Å². The van der Waals surface area contributed by atoms with Crippen molar-refractivity contribution in [1.82, 2.24) is 15.0 Å². The summed E-state index contributed by atoms with van der Waals surface area (Å²) in [5, 5.41) is 12.9. The number of anilines is 2. The first-order valence-electron chi connectivity index (χ1n) is 6.32. The summed E-state index contributed by atoms with van der Waals surface area (Å²) in [6, 6.07) is 7.45. The van der Waals surface area contributed by atoms with Gasteiger partial charge in [0.2, 0.25) is 0 Å². The molecule has 102 valence electrons. The lowest BCUT2D eigenvalue weighted by molar-refractivity contribution is 0.311. The van der Waals surface area contributed by atoms with Gasteiger partial charge in [0.05, 0.1) is 12.3 Å². The average molecular weight is 269 g/mol. The molecule has 5 N–H and O–H groups in total. The lowest BCUT2D eigenvalue weighted by atomic mass is 10.1. The van der Waals surface area contributed by atoms with Crippen molar-refractivity contribution in [2.75, 3.05) is 24.2 Å². The highest BCUT2D eigenvalue weighted by Gasteiger charge is 2.10. The first kappa shape index (κ1) is 12.4. The second kappa shape index (κ2) is 5.18. The SMILES string of the molecule is Nc1ccnc(-c2cc(NCCO)nc3[nH]ccc23)c1. The molecule has 0 bridgehead atoms. The summed E-state index contributed by atoms with van der Waals surface area (Å²) in [5.41, 5.74) is 9.00. The fraction of sp³-hybridized carbons (Fsp3) is 0.143. The van der Waals surface area contributed by atoms with E-state index in [2.05, 4.69) is 20.3 Å². The Bertz CT molecular complexity index is 737. The topological polar surface area (TPSA) is 99.8 Å². The Balaban J connectivity index is 2.14. The summed E-state index contributed by atoms with van der Waals surface area (Å²) in [6.07, 6.45) is 3.52. The van der Waals surface area contributed by atoms with Crippen LogP contribution in [0, 0.1) is 0 Å². The van der Waals surface area contributed by atoms with Gasteiger partial charge in [-0.3, -0.25) is 4.98 Å². The monoisotopic (exact) mass is 269 g/mol. The molecule has 0 aliphatic carbocycles. The van der Waals surface area contributed by atoms with Gasteiger partial charge in [-0.25, -0.2) is 4.98 Å². The maximum Gasteiger partial charge on any atom is 0.140 e. The van der Waals surface area contributed by atoms with Gasteiger partial charge in [-0.1, -0.05) is 0 Å².